The predicted octanol–water partition coefficient (Wildman–Crippen LogP) is 1.79. The van der Waals surface area contributed by atoms with Gasteiger partial charge in [-0.2, -0.15) is 0 Å². The van der Waals surface area contributed by atoms with Crippen molar-refractivity contribution in [1.29, 1.82) is 0 Å². The highest BCUT2D eigenvalue weighted by atomic mass is 35.5. The van der Waals surface area contributed by atoms with E-state index in [1.807, 2.05) is 13.0 Å². The predicted molar refractivity (Wildman–Crippen MR) is 61.9 cm³/mol. The molecule has 0 aliphatic carbocycles. The van der Waals surface area contributed by atoms with Crippen LogP contribution in [0.4, 0.5) is 0 Å². The Labute approximate surface area is 101 Å². The molecule has 0 amide bonds. The minimum atomic E-state index is -0.204. The maximum Gasteiger partial charge on any atom is 0.343 e. The fraction of sp³-hybridized carbons (Fsp3) is 0.222. The molecule has 0 bridgehead atoms. The van der Waals surface area contributed by atoms with Crippen molar-refractivity contribution in [3.63, 3.8) is 0 Å². The fourth-order valence-electron chi connectivity index (χ4n) is 1.21. The van der Waals surface area contributed by atoms with Crippen molar-refractivity contribution in [3.8, 4) is 0 Å². The Bertz CT molecular complexity index is 550. The maximum atomic E-state index is 11.3. The molecule has 7 heteroatoms. The lowest BCUT2D eigenvalue weighted by atomic mass is 10.5. The Hall–Kier alpha value is -1.27. The van der Waals surface area contributed by atoms with Crippen LogP contribution in [0.5, 0.6) is 0 Å². The van der Waals surface area contributed by atoms with Crippen LogP contribution in [0, 0.1) is 0 Å². The zero-order valence-electron chi connectivity index (χ0n) is 8.48. The molecule has 2 heterocycles. The number of nitrogens with one attached hydrogen (secondary N) is 1. The summed E-state index contributed by atoms with van der Waals surface area (Å²) in [5.41, 5.74) is -0.204. The number of hydrogen-bond acceptors (Lipinski definition) is 4. The van der Waals surface area contributed by atoms with E-state index in [9.17, 15) is 4.79 Å². The van der Waals surface area contributed by atoms with Crippen LogP contribution in [0.15, 0.2) is 33.2 Å². The Morgan fingerprint density at radius 1 is 1.62 bits per heavy atom. The Balaban J connectivity index is 2.30. The molecule has 0 aromatic carbocycles. The van der Waals surface area contributed by atoms with Crippen LogP contribution in [0.3, 0.4) is 0 Å². The highest BCUT2D eigenvalue weighted by molar-refractivity contribution is 7.99. The van der Waals surface area contributed by atoms with Gasteiger partial charge in [-0.05, 0) is 30.8 Å². The summed E-state index contributed by atoms with van der Waals surface area (Å²) in [6, 6.07) is 3.54. The van der Waals surface area contributed by atoms with Crippen LogP contribution >= 0.6 is 23.4 Å². The summed E-state index contributed by atoms with van der Waals surface area (Å²) in [5.74, 6) is 0. The van der Waals surface area contributed by atoms with Crippen LogP contribution in [0.1, 0.15) is 6.92 Å². The summed E-state index contributed by atoms with van der Waals surface area (Å²) in [6.45, 7) is 2.47. The molecule has 0 aliphatic heterocycles. The molecule has 0 saturated carbocycles. The Morgan fingerprint density at radius 2 is 2.44 bits per heavy atom. The van der Waals surface area contributed by atoms with E-state index in [-0.39, 0.29) is 5.69 Å². The molecule has 16 heavy (non-hydrogen) atoms. The molecule has 2 aromatic rings. The van der Waals surface area contributed by atoms with Crippen LogP contribution in [0.25, 0.3) is 0 Å². The van der Waals surface area contributed by atoms with Crippen LogP contribution in [-0.2, 0) is 6.54 Å². The van der Waals surface area contributed by atoms with E-state index in [1.165, 1.54) is 11.8 Å². The molecule has 5 nitrogen and oxygen atoms in total. The topological polar surface area (TPSA) is 63.6 Å². The molecule has 0 saturated heterocycles. The first kappa shape index (κ1) is 11.2. The molecule has 0 atom stereocenters. The van der Waals surface area contributed by atoms with Gasteiger partial charge in [0.15, 0.2) is 5.16 Å². The van der Waals surface area contributed by atoms with Gasteiger partial charge in [0.25, 0.3) is 0 Å². The smallest absolute Gasteiger partial charge is 0.270 e. The van der Waals surface area contributed by atoms with Crippen molar-refractivity contribution in [2.45, 2.75) is 23.5 Å². The average Bonchev–Trinajstić information content (AvgIpc) is 2.59. The second-order valence-corrected chi connectivity index (χ2v) is 4.40. The lowest BCUT2D eigenvalue weighted by molar-refractivity contribution is 0.660. The zero-order chi connectivity index (χ0) is 11.5. The van der Waals surface area contributed by atoms with Gasteiger partial charge in [0, 0.05) is 17.6 Å². The molecule has 0 spiro atoms. The van der Waals surface area contributed by atoms with Crippen molar-refractivity contribution in [1.82, 2.24) is 19.7 Å². The Kier molecular flexibility index (Phi) is 3.31. The molecule has 0 radical (unpaired) electrons. The van der Waals surface area contributed by atoms with Crippen molar-refractivity contribution in [2.24, 2.45) is 0 Å². The highest BCUT2D eigenvalue weighted by Crippen LogP contribution is 2.25. The number of aromatic nitrogens is 4. The summed E-state index contributed by atoms with van der Waals surface area (Å²) >= 11 is 7.14. The van der Waals surface area contributed by atoms with Crippen molar-refractivity contribution >= 4 is 23.4 Å². The number of rotatable bonds is 3. The largest absolute Gasteiger partial charge is 0.343 e. The third-order valence-corrected chi connectivity index (χ3v) is 3.14. The first-order chi connectivity index (χ1) is 7.70. The molecule has 2 rings (SSSR count). The third kappa shape index (κ3) is 2.28. The van der Waals surface area contributed by atoms with Gasteiger partial charge in [0.05, 0.1) is 0 Å². The molecule has 0 aliphatic rings. The number of pyridine rings is 1. The standard InChI is InChI=1S/C9H9ClN4OS/c1-2-14-8(15)12-13-9(14)16-6-3-4-11-7(10)5-6/h3-5H,2H2,1H3,(H,12,15). The van der Waals surface area contributed by atoms with Gasteiger partial charge in [-0.1, -0.05) is 11.6 Å². The lowest BCUT2D eigenvalue weighted by Crippen LogP contribution is -2.15. The summed E-state index contributed by atoms with van der Waals surface area (Å²) in [5, 5.41) is 7.39. The zero-order valence-corrected chi connectivity index (χ0v) is 10.0. The fourth-order valence-corrected chi connectivity index (χ4v) is 2.38. The van der Waals surface area contributed by atoms with Crippen molar-refractivity contribution < 1.29 is 0 Å². The van der Waals surface area contributed by atoms with Gasteiger partial charge in [-0.25, -0.2) is 14.9 Å². The maximum absolute atomic E-state index is 11.3. The second-order valence-electron chi connectivity index (χ2n) is 2.97. The van der Waals surface area contributed by atoms with Crippen molar-refractivity contribution in [3.05, 3.63) is 34.0 Å². The van der Waals surface area contributed by atoms with Gasteiger partial charge in [0.2, 0.25) is 0 Å². The quantitative estimate of drug-likeness (QED) is 0.851. The second kappa shape index (κ2) is 4.71. The molecule has 84 valence electrons. The molecule has 0 unspecified atom stereocenters. The highest BCUT2D eigenvalue weighted by Gasteiger charge is 2.08. The summed E-state index contributed by atoms with van der Waals surface area (Å²) in [6.07, 6.45) is 1.62. The van der Waals surface area contributed by atoms with E-state index >= 15 is 0 Å². The van der Waals surface area contributed by atoms with Gasteiger partial charge >= 0.3 is 5.69 Å². The SMILES string of the molecule is CCn1c(Sc2ccnc(Cl)c2)n[nH]c1=O. The molecular weight excluding hydrogens is 248 g/mol. The number of aromatic amines is 1. The van der Waals surface area contributed by atoms with Gasteiger partial charge in [-0.15, -0.1) is 5.10 Å². The van der Waals surface area contributed by atoms with E-state index in [0.29, 0.717) is 16.9 Å². The van der Waals surface area contributed by atoms with E-state index < -0.39 is 0 Å². The molecule has 0 fully saturated rings. The molecular formula is C9H9ClN4OS. The summed E-state index contributed by atoms with van der Waals surface area (Å²) in [4.78, 5) is 16.1. The first-order valence-electron chi connectivity index (χ1n) is 4.65. The van der Waals surface area contributed by atoms with Crippen LogP contribution in [-0.4, -0.2) is 19.7 Å². The van der Waals surface area contributed by atoms with E-state index in [2.05, 4.69) is 15.2 Å². The van der Waals surface area contributed by atoms with E-state index in [4.69, 9.17) is 11.6 Å². The average molecular weight is 257 g/mol. The summed E-state index contributed by atoms with van der Waals surface area (Å²) in [7, 11) is 0. The van der Waals surface area contributed by atoms with Crippen molar-refractivity contribution in [2.75, 3.05) is 0 Å². The van der Waals surface area contributed by atoms with Gasteiger partial charge < -0.3 is 0 Å². The van der Waals surface area contributed by atoms with E-state index in [1.54, 1.807) is 16.8 Å². The summed E-state index contributed by atoms with van der Waals surface area (Å²) < 4.78 is 1.55. The van der Waals surface area contributed by atoms with Crippen LogP contribution in [0.2, 0.25) is 5.15 Å². The van der Waals surface area contributed by atoms with Gasteiger partial charge in [-0.3, -0.25) is 4.57 Å². The normalized spacial score (nSPS) is 10.6. The van der Waals surface area contributed by atoms with E-state index in [0.717, 1.165) is 4.90 Å². The minimum Gasteiger partial charge on any atom is -0.270 e. The number of hydrogen-bond donors (Lipinski definition) is 1. The number of H-pyrrole nitrogens is 1. The number of halogens is 1. The third-order valence-electron chi connectivity index (χ3n) is 1.95. The minimum absolute atomic E-state index is 0.204. The monoisotopic (exact) mass is 256 g/mol. The van der Waals surface area contributed by atoms with Crippen LogP contribution < -0.4 is 5.69 Å². The molecule has 2 aromatic heterocycles. The molecule has 1 N–H and O–H groups in total. The first-order valence-corrected chi connectivity index (χ1v) is 5.84. The lowest BCUT2D eigenvalue weighted by Gasteiger charge is -2.01. The number of nitrogens with zero attached hydrogens (tertiary/aromatic N) is 3. The van der Waals surface area contributed by atoms with Gasteiger partial charge in [0.1, 0.15) is 5.15 Å². The Morgan fingerprint density at radius 3 is 3.12 bits per heavy atom.